The standard InChI is InChI=1S/C17H24N2O6/c1-11(18-16(23)25-17(2,3)4)13(20)19-14(15(21)22)24-10-12-8-6-5-7-9-12/h5-9,11,14H,10H2,1-4H3,(H,18,23)(H,19,20)(H,21,22)/t11-,14?/m0/s1. The quantitative estimate of drug-likeness (QED) is 0.643. The van der Waals surface area contributed by atoms with Gasteiger partial charge < -0.3 is 25.2 Å². The van der Waals surface area contributed by atoms with Crippen LogP contribution in [-0.4, -0.2) is 40.9 Å². The van der Waals surface area contributed by atoms with Gasteiger partial charge in [-0.15, -0.1) is 0 Å². The van der Waals surface area contributed by atoms with Crippen LogP contribution in [0.3, 0.4) is 0 Å². The summed E-state index contributed by atoms with van der Waals surface area (Å²) in [6.45, 7) is 6.50. The van der Waals surface area contributed by atoms with Crippen LogP contribution >= 0.6 is 0 Å². The molecular formula is C17H24N2O6. The highest BCUT2D eigenvalue weighted by Gasteiger charge is 2.26. The summed E-state index contributed by atoms with van der Waals surface area (Å²) in [5.74, 6) is -2.04. The Morgan fingerprint density at radius 3 is 2.24 bits per heavy atom. The van der Waals surface area contributed by atoms with Gasteiger partial charge in [-0.3, -0.25) is 4.79 Å². The largest absolute Gasteiger partial charge is 0.478 e. The van der Waals surface area contributed by atoms with E-state index in [1.807, 2.05) is 6.07 Å². The maximum absolute atomic E-state index is 12.0. The Balaban J connectivity index is 2.54. The summed E-state index contributed by atoms with van der Waals surface area (Å²) >= 11 is 0. The molecule has 0 spiro atoms. The third-order valence-corrected chi connectivity index (χ3v) is 2.88. The molecule has 0 aliphatic rings. The summed E-state index contributed by atoms with van der Waals surface area (Å²) < 4.78 is 10.3. The van der Waals surface area contributed by atoms with E-state index in [9.17, 15) is 14.4 Å². The molecule has 0 aromatic heterocycles. The van der Waals surface area contributed by atoms with Gasteiger partial charge in [0.05, 0.1) is 6.61 Å². The minimum Gasteiger partial charge on any atom is -0.478 e. The summed E-state index contributed by atoms with van der Waals surface area (Å²) in [7, 11) is 0. The number of carboxylic acid groups (broad SMARTS) is 1. The number of amides is 2. The molecule has 2 atom stereocenters. The number of nitrogens with one attached hydrogen (secondary N) is 2. The highest BCUT2D eigenvalue weighted by Crippen LogP contribution is 2.07. The fraction of sp³-hybridized carbons (Fsp3) is 0.471. The first-order chi connectivity index (χ1) is 11.6. The molecule has 1 rings (SSSR count). The van der Waals surface area contributed by atoms with E-state index >= 15 is 0 Å². The van der Waals surface area contributed by atoms with E-state index in [0.29, 0.717) is 0 Å². The molecule has 0 saturated carbocycles. The van der Waals surface area contributed by atoms with Crippen LogP contribution in [0.25, 0.3) is 0 Å². The van der Waals surface area contributed by atoms with Gasteiger partial charge in [0.25, 0.3) is 0 Å². The SMILES string of the molecule is C[C@H](NC(=O)OC(C)(C)C)C(=O)NC(OCc1ccccc1)C(=O)O. The molecule has 1 aromatic carbocycles. The topological polar surface area (TPSA) is 114 Å². The molecule has 0 fully saturated rings. The molecule has 0 aliphatic heterocycles. The fourth-order valence-corrected chi connectivity index (χ4v) is 1.73. The molecule has 1 unspecified atom stereocenters. The zero-order valence-corrected chi connectivity index (χ0v) is 14.7. The van der Waals surface area contributed by atoms with Gasteiger partial charge in [0.1, 0.15) is 11.6 Å². The highest BCUT2D eigenvalue weighted by molar-refractivity contribution is 5.88. The predicted molar refractivity (Wildman–Crippen MR) is 89.6 cm³/mol. The summed E-state index contributed by atoms with van der Waals surface area (Å²) in [5, 5.41) is 13.7. The Labute approximate surface area is 146 Å². The molecule has 0 saturated heterocycles. The molecular weight excluding hydrogens is 328 g/mol. The second-order valence-corrected chi connectivity index (χ2v) is 6.39. The number of carboxylic acids is 1. The van der Waals surface area contributed by atoms with Crippen molar-refractivity contribution >= 4 is 18.0 Å². The fourth-order valence-electron chi connectivity index (χ4n) is 1.73. The van der Waals surface area contributed by atoms with Gasteiger partial charge in [0.2, 0.25) is 12.1 Å². The van der Waals surface area contributed by atoms with Crippen molar-refractivity contribution in [1.29, 1.82) is 0 Å². The van der Waals surface area contributed by atoms with Gasteiger partial charge in [-0.05, 0) is 33.3 Å². The van der Waals surface area contributed by atoms with Gasteiger partial charge in [0, 0.05) is 0 Å². The van der Waals surface area contributed by atoms with Crippen molar-refractivity contribution in [3.8, 4) is 0 Å². The number of ether oxygens (including phenoxy) is 2. The van der Waals surface area contributed by atoms with Crippen LogP contribution in [0.4, 0.5) is 4.79 Å². The zero-order chi connectivity index (χ0) is 19.0. The molecule has 0 heterocycles. The van der Waals surface area contributed by atoms with E-state index in [2.05, 4.69) is 10.6 Å². The van der Waals surface area contributed by atoms with Crippen molar-refractivity contribution in [1.82, 2.24) is 10.6 Å². The van der Waals surface area contributed by atoms with Crippen LogP contribution in [-0.2, 0) is 25.7 Å². The zero-order valence-electron chi connectivity index (χ0n) is 14.7. The Hall–Kier alpha value is -2.61. The predicted octanol–water partition coefficient (Wildman–Crippen LogP) is 1.64. The number of alkyl carbamates (subject to hydrolysis) is 1. The van der Waals surface area contributed by atoms with E-state index < -0.39 is 35.8 Å². The smallest absolute Gasteiger partial charge is 0.408 e. The molecule has 0 bridgehead atoms. The number of carbonyl (C=O) groups excluding carboxylic acids is 2. The highest BCUT2D eigenvalue weighted by atomic mass is 16.6. The first kappa shape index (κ1) is 20.4. The van der Waals surface area contributed by atoms with Gasteiger partial charge in [-0.25, -0.2) is 9.59 Å². The lowest BCUT2D eigenvalue weighted by atomic mass is 10.2. The van der Waals surface area contributed by atoms with Crippen molar-refractivity contribution in [2.45, 2.75) is 52.2 Å². The van der Waals surface area contributed by atoms with Crippen molar-refractivity contribution in [3.05, 3.63) is 35.9 Å². The molecule has 2 amide bonds. The Kier molecular flexibility index (Phi) is 7.38. The van der Waals surface area contributed by atoms with E-state index in [1.165, 1.54) is 6.92 Å². The summed E-state index contributed by atoms with van der Waals surface area (Å²) in [6.07, 6.45) is -2.30. The number of hydrogen-bond acceptors (Lipinski definition) is 5. The van der Waals surface area contributed by atoms with Crippen LogP contribution in [0.1, 0.15) is 33.3 Å². The molecule has 25 heavy (non-hydrogen) atoms. The molecule has 8 nitrogen and oxygen atoms in total. The van der Waals surface area contributed by atoms with Crippen molar-refractivity contribution in [2.24, 2.45) is 0 Å². The lowest BCUT2D eigenvalue weighted by molar-refractivity contribution is -0.157. The summed E-state index contributed by atoms with van der Waals surface area (Å²) in [5.41, 5.74) is 0.0609. The van der Waals surface area contributed by atoms with E-state index in [0.717, 1.165) is 5.56 Å². The van der Waals surface area contributed by atoms with Crippen molar-refractivity contribution in [3.63, 3.8) is 0 Å². The molecule has 138 valence electrons. The normalized spacial score (nSPS) is 13.4. The average molecular weight is 352 g/mol. The Morgan fingerprint density at radius 2 is 1.72 bits per heavy atom. The summed E-state index contributed by atoms with van der Waals surface area (Å²) in [4.78, 5) is 34.9. The maximum atomic E-state index is 12.0. The van der Waals surface area contributed by atoms with Gasteiger partial charge in [-0.2, -0.15) is 0 Å². The number of carbonyl (C=O) groups is 3. The molecule has 0 radical (unpaired) electrons. The van der Waals surface area contributed by atoms with Crippen LogP contribution in [0.15, 0.2) is 30.3 Å². The van der Waals surface area contributed by atoms with Crippen LogP contribution in [0.2, 0.25) is 0 Å². The van der Waals surface area contributed by atoms with Crippen LogP contribution < -0.4 is 10.6 Å². The monoisotopic (exact) mass is 352 g/mol. The Bertz CT molecular complexity index is 597. The lowest BCUT2D eigenvalue weighted by Crippen LogP contribution is -2.51. The van der Waals surface area contributed by atoms with E-state index in [1.54, 1.807) is 45.0 Å². The minimum atomic E-state index is -1.53. The third-order valence-electron chi connectivity index (χ3n) is 2.88. The van der Waals surface area contributed by atoms with Gasteiger partial charge >= 0.3 is 12.1 Å². The Morgan fingerprint density at radius 1 is 1.12 bits per heavy atom. The van der Waals surface area contributed by atoms with E-state index in [-0.39, 0.29) is 6.61 Å². The number of benzene rings is 1. The molecule has 8 heteroatoms. The van der Waals surface area contributed by atoms with Gasteiger partial charge in [0.15, 0.2) is 0 Å². The van der Waals surface area contributed by atoms with Crippen LogP contribution in [0, 0.1) is 0 Å². The number of aliphatic carboxylic acids is 1. The second kappa shape index (κ2) is 9.03. The van der Waals surface area contributed by atoms with Crippen molar-refractivity contribution < 1.29 is 29.0 Å². The molecule has 0 aliphatic carbocycles. The number of hydrogen-bond donors (Lipinski definition) is 3. The lowest BCUT2D eigenvalue weighted by Gasteiger charge is -2.22. The molecule has 1 aromatic rings. The van der Waals surface area contributed by atoms with E-state index in [4.69, 9.17) is 14.6 Å². The maximum Gasteiger partial charge on any atom is 0.408 e. The van der Waals surface area contributed by atoms with Gasteiger partial charge in [-0.1, -0.05) is 30.3 Å². The first-order valence-corrected chi connectivity index (χ1v) is 7.76. The third kappa shape index (κ3) is 8.16. The van der Waals surface area contributed by atoms with Crippen LogP contribution in [0.5, 0.6) is 0 Å². The van der Waals surface area contributed by atoms with Crippen molar-refractivity contribution in [2.75, 3.05) is 0 Å². The summed E-state index contributed by atoms with van der Waals surface area (Å²) in [6, 6.07) is 7.96. The first-order valence-electron chi connectivity index (χ1n) is 7.76. The second-order valence-electron chi connectivity index (χ2n) is 6.39. The molecule has 3 N–H and O–H groups in total. The average Bonchev–Trinajstić information content (AvgIpc) is 2.49. The number of rotatable bonds is 7. The minimum absolute atomic E-state index is 0.0198.